The highest BCUT2D eigenvalue weighted by molar-refractivity contribution is 5.78. The van der Waals surface area contributed by atoms with Gasteiger partial charge in [-0.25, -0.2) is 0 Å². The lowest BCUT2D eigenvalue weighted by molar-refractivity contribution is -0.120. The summed E-state index contributed by atoms with van der Waals surface area (Å²) >= 11 is 0. The van der Waals surface area contributed by atoms with Crippen molar-refractivity contribution in [2.75, 3.05) is 13.1 Å². The zero-order valence-electron chi connectivity index (χ0n) is 11.8. The van der Waals surface area contributed by atoms with Crippen LogP contribution in [-0.2, 0) is 4.79 Å². The Kier molecular flexibility index (Phi) is 5.86. The summed E-state index contributed by atoms with van der Waals surface area (Å²) in [6, 6.07) is 8.43. The maximum absolute atomic E-state index is 11.6. The van der Waals surface area contributed by atoms with E-state index in [2.05, 4.69) is 50.5 Å². The van der Waals surface area contributed by atoms with Crippen molar-refractivity contribution in [1.29, 1.82) is 0 Å². The highest BCUT2D eigenvalue weighted by Crippen LogP contribution is 2.15. The second-order valence-electron chi connectivity index (χ2n) is 5.16. The number of nitrogens with one attached hydrogen (secondary N) is 2. The highest BCUT2D eigenvalue weighted by Gasteiger charge is 2.09. The Balaban J connectivity index is 2.39. The van der Waals surface area contributed by atoms with Crippen LogP contribution >= 0.6 is 0 Å². The largest absolute Gasteiger partial charge is 0.355 e. The van der Waals surface area contributed by atoms with E-state index in [0.29, 0.717) is 12.5 Å². The monoisotopic (exact) mass is 248 g/mol. The quantitative estimate of drug-likeness (QED) is 0.811. The third-order valence-electron chi connectivity index (χ3n) is 2.93. The SMILES string of the molecule is Cc1ccccc1[C@@H](C)NCC(=O)NCC(C)C. The Labute approximate surface area is 110 Å². The van der Waals surface area contributed by atoms with Crippen LogP contribution in [0.25, 0.3) is 0 Å². The third-order valence-corrected chi connectivity index (χ3v) is 2.93. The van der Waals surface area contributed by atoms with Gasteiger partial charge >= 0.3 is 0 Å². The first kappa shape index (κ1) is 14.7. The number of amides is 1. The summed E-state index contributed by atoms with van der Waals surface area (Å²) in [5.41, 5.74) is 2.49. The van der Waals surface area contributed by atoms with Crippen molar-refractivity contribution < 1.29 is 4.79 Å². The molecule has 2 N–H and O–H groups in total. The normalized spacial score (nSPS) is 12.5. The van der Waals surface area contributed by atoms with E-state index in [-0.39, 0.29) is 11.9 Å². The standard InChI is InChI=1S/C15H24N2O/c1-11(2)9-17-15(18)10-16-13(4)14-8-6-5-7-12(14)3/h5-8,11,13,16H,9-10H2,1-4H3,(H,17,18)/t13-/m1/s1. The van der Waals surface area contributed by atoms with Gasteiger partial charge in [0.2, 0.25) is 5.91 Å². The number of aryl methyl sites for hydroxylation is 1. The molecule has 0 heterocycles. The lowest BCUT2D eigenvalue weighted by Crippen LogP contribution is -2.36. The van der Waals surface area contributed by atoms with Crippen molar-refractivity contribution >= 4 is 5.91 Å². The lowest BCUT2D eigenvalue weighted by atomic mass is 10.0. The molecule has 1 aromatic rings. The highest BCUT2D eigenvalue weighted by atomic mass is 16.1. The van der Waals surface area contributed by atoms with Crippen molar-refractivity contribution in [3.05, 3.63) is 35.4 Å². The minimum absolute atomic E-state index is 0.0594. The van der Waals surface area contributed by atoms with Gasteiger partial charge in [0.15, 0.2) is 0 Å². The predicted molar refractivity (Wildman–Crippen MR) is 75.4 cm³/mol. The summed E-state index contributed by atoms with van der Waals surface area (Å²) in [6.07, 6.45) is 0. The van der Waals surface area contributed by atoms with Crippen LogP contribution in [0.2, 0.25) is 0 Å². The topological polar surface area (TPSA) is 41.1 Å². The predicted octanol–water partition coefficient (Wildman–Crippen LogP) is 2.42. The first-order valence-electron chi connectivity index (χ1n) is 6.56. The Morgan fingerprint density at radius 3 is 2.50 bits per heavy atom. The number of benzene rings is 1. The molecular weight excluding hydrogens is 224 g/mol. The average Bonchev–Trinajstić information content (AvgIpc) is 2.34. The van der Waals surface area contributed by atoms with Gasteiger partial charge in [-0.3, -0.25) is 4.79 Å². The fourth-order valence-electron chi connectivity index (χ4n) is 1.81. The van der Waals surface area contributed by atoms with E-state index in [4.69, 9.17) is 0 Å². The molecule has 0 saturated carbocycles. The van der Waals surface area contributed by atoms with Crippen molar-refractivity contribution in [2.24, 2.45) is 5.92 Å². The van der Waals surface area contributed by atoms with E-state index >= 15 is 0 Å². The van der Waals surface area contributed by atoms with Crippen LogP contribution in [0.3, 0.4) is 0 Å². The molecule has 100 valence electrons. The summed E-state index contributed by atoms with van der Waals surface area (Å²) in [5, 5.41) is 6.15. The van der Waals surface area contributed by atoms with E-state index in [0.717, 1.165) is 6.54 Å². The first-order chi connectivity index (χ1) is 8.50. The summed E-state index contributed by atoms with van der Waals surface area (Å²) in [7, 11) is 0. The van der Waals surface area contributed by atoms with Gasteiger partial charge in [-0.1, -0.05) is 38.1 Å². The molecule has 18 heavy (non-hydrogen) atoms. The average molecular weight is 248 g/mol. The first-order valence-corrected chi connectivity index (χ1v) is 6.56. The van der Waals surface area contributed by atoms with Crippen molar-refractivity contribution in [3.63, 3.8) is 0 Å². The second-order valence-corrected chi connectivity index (χ2v) is 5.16. The van der Waals surface area contributed by atoms with Crippen LogP contribution in [0.15, 0.2) is 24.3 Å². The fourth-order valence-corrected chi connectivity index (χ4v) is 1.81. The molecule has 1 rings (SSSR count). The molecule has 0 spiro atoms. The summed E-state index contributed by atoms with van der Waals surface area (Å²) in [4.78, 5) is 11.6. The summed E-state index contributed by atoms with van der Waals surface area (Å²) in [5.74, 6) is 0.548. The zero-order valence-corrected chi connectivity index (χ0v) is 11.8. The van der Waals surface area contributed by atoms with Gasteiger partial charge in [-0.2, -0.15) is 0 Å². The Hall–Kier alpha value is -1.35. The van der Waals surface area contributed by atoms with Crippen LogP contribution < -0.4 is 10.6 Å². The fraction of sp³-hybridized carbons (Fsp3) is 0.533. The molecule has 0 unspecified atom stereocenters. The van der Waals surface area contributed by atoms with E-state index in [1.54, 1.807) is 0 Å². The molecule has 0 saturated heterocycles. The van der Waals surface area contributed by atoms with Crippen LogP contribution in [0.1, 0.15) is 37.9 Å². The Bertz CT molecular complexity index is 388. The van der Waals surface area contributed by atoms with Gasteiger partial charge in [-0.05, 0) is 30.9 Å². The van der Waals surface area contributed by atoms with Gasteiger partial charge in [0.05, 0.1) is 6.54 Å². The molecular formula is C15H24N2O. The molecule has 0 bridgehead atoms. The summed E-state index contributed by atoms with van der Waals surface area (Å²) in [6.45, 7) is 9.44. The smallest absolute Gasteiger partial charge is 0.233 e. The molecule has 3 nitrogen and oxygen atoms in total. The van der Waals surface area contributed by atoms with Crippen LogP contribution in [0, 0.1) is 12.8 Å². The minimum Gasteiger partial charge on any atom is -0.355 e. The lowest BCUT2D eigenvalue weighted by Gasteiger charge is -2.16. The van der Waals surface area contributed by atoms with Crippen LogP contribution in [0.5, 0.6) is 0 Å². The van der Waals surface area contributed by atoms with E-state index in [1.807, 2.05) is 12.1 Å². The maximum atomic E-state index is 11.6. The van der Waals surface area contributed by atoms with Gasteiger partial charge < -0.3 is 10.6 Å². The van der Waals surface area contributed by atoms with Gasteiger partial charge in [0.1, 0.15) is 0 Å². The number of hydrogen-bond donors (Lipinski definition) is 2. The summed E-state index contributed by atoms with van der Waals surface area (Å²) < 4.78 is 0. The third kappa shape index (κ3) is 4.88. The van der Waals surface area contributed by atoms with E-state index in [9.17, 15) is 4.79 Å². The molecule has 1 aromatic carbocycles. The second kappa shape index (κ2) is 7.17. The van der Waals surface area contributed by atoms with E-state index < -0.39 is 0 Å². The van der Waals surface area contributed by atoms with Crippen LogP contribution in [0.4, 0.5) is 0 Å². The molecule has 0 aliphatic rings. The number of carbonyl (C=O) groups excluding carboxylic acids is 1. The van der Waals surface area contributed by atoms with Crippen LogP contribution in [-0.4, -0.2) is 19.0 Å². The molecule has 3 heteroatoms. The molecule has 0 aliphatic carbocycles. The molecule has 0 fully saturated rings. The van der Waals surface area contributed by atoms with Crippen molar-refractivity contribution in [3.8, 4) is 0 Å². The Morgan fingerprint density at radius 2 is 1.89 bits per heavy atom. The molecule has 0 radical (unpaired) electrons. The van der Waals surface area contributed by atoms with Gasteiger partial charge in [0.25, 0.3) is 0 Å². The van der Waals surface area contributed by atoms with E-state index in [1.165, 1.54) is 11.1 Å². The molecule has 1 atom stereocenters. The van der Waals surface area contributed by atoms with Gasteiger partial charge in [0, 0.05) is 12.6 Å². The number of rotatable bonds is 6. The van der Waals surface area contributed by atoms with Crippen molar-refractivity contribution in [2.45, 2.75) is 33.7 Å². The Morgan fingerprint density at radius 1 is 1.22 bits per heavy atom. The molecule has 1 amide bonds. The number of hydrogen-bond acceptors (Lipinski definition) is 2. The van der Waals surface area contributed by atoms with Crippen molar-refractivity contribution in [1.82, 2.24) is 10.6 Å². The van der Waals surface area contributed by atoms with Gasteiger partial charge in [-0.15, -0.1) is 0 Å². The number of carbonyl (C=O) groups is 1. The molecule has 0 aromatic heterocycles. The maximum Gasteiger partial charge on any atom is 0.233 e. The zero-order chi connectivity index (χ0) is 13.5. The molecule has 0 aliphatic heterocycles. The minimum atomic E-state index is 0.0594.